The molecule has 0 aromatic heterocycles. The van der Waals surface area contributed by atoms with Crippen molar-refractivity contribution in [1.82, 2.24) is 0 Å². The number of ether oxygens (including phenoxy) is 1. The van der Waals surface area contributed by atoms with Gasteiger partial charge in [-0.1, -0.05) is 0 Å². The smallest absolute Gasteiger partial charge is 0.335 e. The van der Waals surface area contributed by atoms with Crippen molar-refractivity contribution in [3.8, 4) is 11.5 Å². The van der Waals surface area contributed by atoms with E-state index in [-0.39, 0.29) is 15.7 Å². The number of nitrogens with two attached hydrogens (primary N) is 1. The number of hydrogen-bond acceptors (Lipinski definition) is 3. The van der Waals surface area contributed by atoms with Gasteiger partial charge >= 0.3 is 5.97 Å². The van der Waals surface area contributed by atoms with Gasteiger partial charge < -0.3 is 15.6 Å². The molecule has 0 spiro atoms. The molecule has 0 heterocycles. The van der Waals surface area contributed by atoms with Gasteiger partial charge in [-0.05, 0) is 52.3 Å². The van der Waals surface area contributed by atoms with Gasteiger partial charge in [-0.2, -0.15) is 0 Å². The summed E-state index contributed by atoms with van der Waals surface area (Å²) in [4.78, 5) is 10.8. The van der Waals surface area contributed by atoms with Crippen molar-refractivity contribution >= 4 is 27.6 Å². The second-order valence-corrected chi connectivity index (χ2v) is 4.59. The number of carboxylic acid groups (broad SMARTS) is 1. The Bertz CT molecular complexity index is 646. The van der Waals surface area contributed by atoms with Gasteiger partial charge in [0.05, 0.1) is 15.7 Å². The van der Waals surface area contributed by atoms with Crippen LogP contribution in [0.15, 0.2) is 40.9 Å². The topological polar surface area (TPSA) is 72.6 Å². The molecule has 3 N–H and O–H groups in total. The van der Waals surface area contributed by atoms with Gasteiger partial charge in [0, 0.05) is 0 Å². The number of carbonyl (C=O) groups is 1. The van der Waals surface area contributed by atoms with Crippen molar-refractivity contribution in [2.45, 2.75) is 0 Å². The molecule has 19 heavy (non-hydrogen) atoms. The third-order valence-electron chi connectivity index (χ3n) is 2.38. The van der Waals surface area contributed by atoms with Crippen LogP contribution < -0.4 is 10.5 Å². The number of carboxylic acids is 1. The maximum atomic E-state index is 13.1. The monoisotopic (exact) mass is 325 g/mol. The molecule has 0 saturated heterocycles. The lowest BCUT2D eigenvalue weighted by atomic mass is 10.2. The third kappa shape index (κ3) is 3.03. The highest BCUT2D eigenvalue weighted by Crippen LogP contribution is 2.30. The molecular formula is C13H9BrFNO3. The molecule has 2 aromatic rings. The van der Waals surface area contributed by atoms with E-state index in [0.29, 0.717) is 11.5 Å². The Kier molecular flexibility index (Phi) is 3.71. The highest BCUT2D eigenvalue weighted by molar-refractivity contribution is 9.10. The first-order valence-electron chi connectivity index (χ1n) is 5.23. The number of hydrogen-bond donors (Lipinski definition) is 2. The highest BCUT2D eigenvalue weighted by Gasteiger charge is 2.09. The van der Waals surface area contributed by atoms with Crippen molar-refractivity contribution in [2.75, 3.05) is 5.73 Å². The van der Waals surface area contributed by atoms with Crippen LogP contribution in [-0.2, 0) is 0 Å². The van der Waals surface area contributed by atoms with E-state index in [4.69, 9.17) is 15.6 Å². The molecule has 0 fully saturated rings. The Morgan fingerprint density at radius 2 is 2.00 bits per heavy atom. The molecule has 98 valence electrons. The fourth-order valence-corrected chi connectivity index (χ4v) is 1.80. The summed E-state index contributed by atoms with van der Waals surface area (Å²) >= 11 is 3.04. The Balaban J connectivity index is 2.28. The summed E-state index contributed by atoms with van der Waals surface area (Å²) in [5, 5.41) is 8.81. The van der Waals surface area contributed by atoms with E-state index in [1.54, 1.807) is 0 Å². The molecule has 0 aliphatic heterocycles. The minimum absolute atomic E-state index is 0.0742. The van der Waals surface area contributed by atoms with E-state index < -0.39 is 11.8 Å². The van der Waals surface area contributed by atoms with Gasteiger partial charge in [-0.3, -0.25) is 0 Å². The summed E-state index contributed by atoms with van der Waals surface area (Å²) in [5.41, 5.74) is 5.97. The van der Waals surface area contributed by atoms with Crippen LogP contribution in [0.3, 0.4) is 0 Å². The molecule has 0 aliphatic rings. The fourth-order valence-electron chi connectivity index (χ4n) is 1.44. The van der Waals surface area contributed by atoms with Gasteiger partial charge in [-0.25, -0.2) is 9.18 Å². The summed E-state index contributed by atoms with van der Waals surface area (Å²) < 4.78 is 18.8. The van der Waals surface area contributed by atoms with Crippen molar-refractivity contribution in [3.05, 3.63) is 52.3 Å². The van der Waals surface area contributed by atoms with Crippen LogP contribution in [0, 0.1) is 5.82 Å². The van der Waals surface area contributed by atoms with Crippen molar-refractivity contribution < 1.29 is 19.0 Å². The molecule has 0 radical (unpaired) electrons. The summed E-state index contributed by atoms with van der Waals surface area (Å²) in [6.07, 6.45) is 0. The number of nitrogen functional groups attached to an aromatic ring is 1. The normalized spacial score (nSPS) is 10.2. The molecule has 2 rings (SSSR count). The van der Waals surface area contributed by atoms with Crippen LogP contribution >= 0.6 is 15.9 Å². The van der Waals surface area contributed by atoms with E-state index in [2.05, 4.69) is 15.9 Å². The van der Waals surface area contributed by atoms with E-state index in [0.717, 1.165) is 0 Å². The van der Waals surface area contributed by atoms with Crippen LogP contribution in [0.5, 0.6) is 11.5 Å². The Hall–Kier alpha value is -2.08. The number of halogens is 2. The molecule has 0 amide bonds. The standard InChI is InChI=1S/C13H9BrFNO3/c14-9-6-8(2-3-10(9)15)19-12-4-1-7(13(17)18)5-11(12)16/h1-6H,16H2,(H,17,18). The average Bonchev–Trinajstić information content (AvgIpc) is 2.36. The first-order valence-corrected chi connectivity index (χ1v) is 6.02. The zero-order valence-corrected chi connectivity index (χ0v) is 11.1. The molecule has 0 aliphatic carbocycles. The minimum atomic E-state index is -1.07. The fraction of sp³-hybridized carbons (Fsp3) is 0. The number of aromatic carboxylic acids is 1. The first-order chi connectivity index (χ1) is 8.97. The SMILES string of the molecule is Nc1cc(C(=O)O)ccc1Oc1ccc(F)c(Br)c1. The van der Waals surface area contributed by atoms with E-state index in [9.17, 15) is 9.18 Å². The van der Waals surface area contributed by atoms with Gasteiger partial charge in [0.15, 0.2) is 0 Å². The summed E-state index contributed by atoms with van der Waals surface area (Å²) in [7, 11) is 0. The zero-order chi connectivity index (χ0) is 14.0. The maximum Gasteiger partial charge on any atom is 0.335 e. The molecule has 0 atom stereocenters. The van der Waals surface area contributed by atoms with Gasteiger partial charge in [0.2, 0.25) is 0 Å². The van der Waals surface area contributed by atoms with Crippen LogP contribution in [0.4, 0.5) is 10.1 Å². The van der Waals surface area contributed by atoms with E-state index >= 15 is 0 Å². The van der Waals surface area contributed by atoms with Crippen LogP contribution in [-0.4, -0.2) is 11.1 Å². The lowest BCUT2D eigenvalue weighted by molar-refractivity contribution is 0.0697. The van der Waals surface area contributed by atoms with Crippen LogP contribution in [0.1, 0.15) is 10.4 Å². The number of rotatable bonds is 3. The Labute approximate surface area is 116 Å². The number of anilines is 1. The van der Waals surface area contributed by atoms with Crippen molar-refractivity contribution in [1.29, 1.82) is 0 Å². The summed E-state index contributed by atoms with van der Waals surface area (Å²) in [6.45, 7) is 0. The molecule has 0 saturated carbocycles. The quantitative estimate of drug-likeness (QED) is 0.844. The molecule has 2 aromatic carbocycles. The maximum absolute atomic E-state index is 13.1. The van der Waals surface area contributed by atoms with Crippen molar-refractivity contribution in [3.63, 3.8) is 0 Å². The predicted molar refractivity (Wildman–Crippen MR) is 72.0 cm³/mol. The summed E-state index contributed by atoms with van der Waals surface area (Å²) in [6, 6.07) is 8.30. The lowest BCUT2D eigenvalue weighted by Crippen LogP contribution is -1.99. The van der Waals surface area contributed by atoms with Gasteiger partial charge in [0.25, 0.3) is 0 Å². The minimum Gasteiger partial charge on any atom is -0.478 e. The Morgan fingerprint density at radius 1 is 1.26 bits per heavy atom. The van der Waals surface area contributed by atoms with Gasteiger partial charge in [0.1, 0.15) is 17.3 Å². The molecule has 6 heteroatoms. The largest absolute Gasteiger partial charge is 0.478 e. The van der Waals surface area contributed by atoms with E-state index in [1.807, 2.05) is 0 Å². The number of benzene rings is 2. The van der Waals surface area contributed by atoms with Gasteiger partial charge in [-0.15, -0.1) is 0 Å². The molecule has 0 unspecified atom stereocenters. The second kappa shape index (κ2) is 5.27. The predicted octanol–water partition coefficient (Wildman–Crippen LogP) is 3.66. The molecular weight excluding hydrogens is 317 g/mol. The lowest BCUT2D eigenvalue weighted by Gasteiger charge is -2.09. The van der Waals surface area contributed by atoms with Crippen molar-refractivity contribution in [2.24, 2.45) is 0 Å². The van der Waals surface area contributed by atoms with E-state index in [1.165, 1.54) is 36.4 Å². The average molecular weight is 326 g/mol. The highest BCUT2D eigenvalue weighted by atomic mass is 79.9. The zero-order valence-electron chi connectivity index (χ0n) is 9.56. The Morgan fingerprint density at radius 3 is 2.58 bits per heavy atom. The van der Waals surface area contributed by atoms with Crippen LogP contribution in [0.2, 0.25) is 0 Å². The first kappa shape index (κ1) is 13.4. The molecule has 4 nitrogen and oxygen atoms in total. The second-order valence-electron chi connectivity index (χ2n) is 3.74. The molecule has 0 bridgehead atoms. The van der Waals surface area contributed by atoms with Crippen LogP contribution in [0.25, 0.3) is 0 Å². The third-order valence-corrected chi connectivity index (χ3v) is 2.98. The summed E-state index contributed by atoms with van der Waals surface area (Å²) in [5.74, 6) is -0.768.